The third kappa shape index (κ3) is 2.75. The standard InChI is InChI=1S/C22H16FN5/c23-19-8-2-7-18-20(19)27-22(24)28-13-17(26-21(18)28)11-14-4-1-5-15(10-14)16-6-3-9-25-12-16/h1-10,12-13H,11H2,(H2,24,27). The van der Waals surface area contributed by atoms with Crippen molar-refractivity contribution in [3.05, 3.63) is 90.3 Å². The highest BCUT2D eigenvalue weighted by atomic mass is 19.1. The molecule has 3 aromatic heterocycles. The molecule has 0 fully saturated rings. The maximum Gasteiger partial charge on any atom is 0.206 e. The van der Waals surface area contributed by atoms with E-state index in [1.165, 1.54) is 6.07 Å². The van der Waals surface area contributed by atoms with Crippen LogP contribution in [0.15, 0.2) is 73.2 Å². The SMILES string of the molecule is Nc1nc2c(F)cccc2c2nc(Cc3cccc(-c4cccnc4)c3)cn12. The van der Waals surface area contributed by atoms with Crippen LogP contribution in [0.5, 0.6) is 0 Å². The number of nitrogen functional groups attached to an aromatic ring is 1. The summed E-state index contributed by atoms with van der Waals surface area (Å²) in [6, 6.07) is 17.1. The topological polar surface area (TPSA) is 69.1 Å². The zero-order valence-corrected chi connectivity index (χ0v) is 14.9. The summed E-state index contributed by atoms with van der Waals surface area (Å²) in [6.07, 6.45) is 6.09. The Labute approximate surface area is 160 Å². The molecule has 0 bridgehead atoms. The molecule has 5 aromatic rings. The first kappa shape index (κ1) is 16.4. The van der Waals surface area contributed by atoms with E-state index < -0.39 is 5.82 Å². The highest BCUT2D eigenvalue weighted by Gasteiger charge is 2.13. The van der Waals surface area contributed by atoms with Crippen LogP contribution in [0.1, 0.15) is 11.3 Å². The van der Waals surface area contributed by atoms with E-state index >= 15 is 0 Å². The molecule has 0 aliphatic rings. The summed E-state index contributed by atoms with van der Waals surface area (Å²) in [7, 11) is 0. The molecule has 0 aliphatic heterocycles. The summed E-state index contributed by atoms with van der Waals surface area (Å²) >= 11 is 0. The van der Waals surface area contributed by atoms with Gasteiger partial charge >= 0.3 is 0 Å². The molecule has 0 aliphatic carbocycles. The van der Waals surface area contributed by atoms with Crippen LogP contribution in [0.25, 0.3) is 27.7 Å². The van der Waals surface area contributed by atoms with E-state index in [1.54, 1.807) is 22.7 Å². The normalized spacial score (nSPS) is 11.3. The Balaban J connectivity index is 1.57. The van der Waals surface area contributed by atoms with Gasteiger partial charge in [-0.05, 0) is 34.9 Å². The lowest BCUT2D eigenvalue weighted by Crippen LogP contribution is -2.01. The molecule has 28 heavy (non-hydrogen) atoms. The maximum atomic E-state index is 14.1. The Morgan fingerprint density at radius 3 is 2.68 bits per heavy atom. The van der Waals surface area contributed by atoms with E-state index in [0.717, 1.165) is 22.4 Å². The van der Waals surface area contributed by atoms with Crippen LogP contribution in [0, 0.1) is 5.82 Å². The molecule has 0 spiro atoms. The molecule has 0 saturated carbocycles. The zero-order valence-electron chi connectivity index (χ0n) is 14.9. The summed E-state index contributed by atoms with van der Waals surface area (Å²) < 4.78 is 15.8. The summed E-state index contributed by atoms with van der Waals surface area (Å²) in [4.78, 5) is 13.1. The lowest BCUT2D eigenvalue weighted by atomic mass is 10.0. The quantitative estimate of drug-likeness (QED) is 0.516. The van der Waals surface area contributed by atoms with Crippen molar-refractivity contribution in [2.75, 3.05) is 5.73 Å². The number of benzene rings is 2. The van der Waals surface area contributed by atoms with Gasteiger partial charge in [0.1, 0.15) is 17.0 Å². The number of aromatic nitrogens is 4. The number of para-hydroxylation sites is 1. The first-order valence-electron chi connectivity index (χ1n) is 8.90. The Morgan fingerprint density at radius 2 is 1.82 bits per heavy atom. The number of fused-ring (bicyclic) bond motifs is 3. The second-order valence-corrected chi connectivity index (χ2v) is 6.65. The van der Waals surface area contributed by atoms with E-state index in [4.69, 9.17) is 10.7 Å². The fraction of sp³-hybridized carbons (Fsp3) is 0.0455. The molecule has 3 heterocycles. The number of hydrogen-bond acceptors (Lipinski definition) is 4. The predicted molar refractivity (Wildman–Crippen MR) is 107 cm³/mol. The number of rotatable bonds is 3. The average Bonchev–Trinajstić information content (AvgIpc) is 3.15. The molecule has 5 rings (SSSR count). The van der Waals surface area contributed by atoms with Gasteiger partial charge < -0.3 is 5.73 Å². The molecule has 0 amide bonds. The van der Waals surface area contributed by atoms with Crippen LogP contribution in [-0.2, 0) is 6.42 Å². The van der Waals surface area contributed by atoms with Crippen LogP contribution < -0.4 is 5.73 Å². The summed E-state index contributed by atoms with van der Waals surface area (Å²) in [5, 5.41) is 0.643. The van der Waals surface area contributed by atoms with Gasteiger partial charge in [-0.3, -0.25) is 9.38 Å². The van der Waals surface area contributed by atoms with Crippen molar-refractivity contribution >= 4 is 22.5 Å². The van der Waals surface area contributed by atoms with Crippen molar-refractivity contribution < 1.29 is 4.39 Å². The molecule has 0 atom stereocenters. The van der Waals surface area contributed by atoms with Crippen LogP contribution >= 0.6 is 0 Å². The van der Waals surface area contributed by atoms with Crippen molar-refractivity contribution in [2.24, 2.45) is 0 Å². The van der Waals surface area contributed by atoms with Gasteiger partial charge in [-0.25, -0.2) is 14.4 Å². The molecule has 136 valence electrons. The largest absolute Gasteiger partial charge is 0.369 e. The monoisotopic (exact) mass is 369 g/mol. The molecular formula is C22H16FN5. The second-order valence-electron chi connectivity index (χ2n) is 6.65. The summed E-state index contributed by atoms with van der Waals surface area (Å²) in [6.45, 7) is 0. The fourth-order valence-corrected chi connectivity index (χ4v) is 3.46. The van der Waals surface area contributed by atoms with E-state index in [2.05, 4.69) is 28.2 Å². The predicted octanol–water partition coefficient (Wildman–Crippen LogP) is 4.26. The summed E-state index contributed by atoms with van der Waals surface area (Å²) in [5.74, 6) is -0.184. The van der Waals surface area contributed by atoms with Crippen LogP contribution in [0.2, 0.25) is 0 Å². The molecule has 0 radical (unpaired) electrons. The smallest absolute Gasteiger partial charge is 0.206 e. The Morgan fingerprint density at radius 1 is 0.964 bits per heavy atom. The van der Waals surface area contributed by atoms with Gasteiger partial charge in [-0.15, -0.1) is 0 Å². The van der Waals surface area contributed by atoms with Gasteiger partial charge in [0, 0.05) is 30.4 Å². The van der Waals surface area contributed by atoms with Gasteiger partial charge in [0.05, 0.1) is 5.69 Å². The minimum Gasteiger partial charge on any atom is -0.369 e. The van der Waals surface area contributed by atoms with Crippen molar-refractivity contribution in [1.29, 1.82) is 0 Å². The third-order valence-electron chi connectivity index (χ3n) is 4.76. The number of hydrogen-bond donors (Lipinski definition) is 1. The first-order valence-corrected chi connectivity index (χ1v) is 8.90. The number of nitrogens with zero attached hydrogens (tertiary/aromatic N) is 4. The van der Waals surface area contributed by atoms with Crippen LogP contribution in [-0.4, -0.2) is 19.4 Å². The van der Waals surface area contributed by atoms with Gasteiger partial charge in [0.2, 0.25) is 5.95 Å². The highest BCUT2D eigenvalue weighted by molar-refractivity contribution is 5.92. The van der Waals surface area contributed by atoms with Crippen molar-refractivity contribution in [2.45, 2.75) is 6.42 Å². The lowest BCUT2D eigenvalue weighted by Gasteiger charge is -2.04. The van der Waals surface area contributed by atoms with E-state index in [0.29, 0.717) is 17.5 Å². The minimum atomic E-state index is -0.402. The maximum absolute atomic E-state index is 14.1. The molecule has 2 N–H and O–H groups in total. The van der Waals surface area contributed by atoms with Gasteiger partial charge in [0.15, 0.2) is 0 Å². The minimum absolute atomic E-state index is 0.218. The number of nitrogens with two attached hydrogens (primary N) is 1. The average molecular weight is 369 g/mol. The van der Waals surface area contributed by atoms with Crippen LogP contribution in [0.3, 0.4) is 0 Å². The Hall–Kier alpha value is -3.80. The van der Waals surface area contributed by atoms with Crippen molar-refractivity contribution in [3.63, 3.8) is 0 Å². The van der Waals surface area contributed by atoms with E-state index in [-0.39, 0.29) is 11.5 Å². The van der Waals surface area contributed by atoms with E-state index in [1.807, 2.05) is 30.6 Å². The molecular weight excluding hydrogens is 353 g/mol. The molecule has 0 unspecified atom stereocenters. The van der Waals surface area contributed by atoms with Gasteiger partial charge in [-0.2, -0.15) is 0 Å². The fourth-order valence-electron chi connectivity index (χ4n) is 3.46. The van der Waals surface area contributed by atoms with E-state index in [9.17, 15) is 4.39 Å². The molecule has 2 aromatic carbocycles. The highest BCUT2D eigenvalue weighted by Crippen LogP contribution is 2.25. The zero-order chi connectivity index (χ0) is 19.1. The Bertz CT molecular complexity index is 1310. The number of imidazole rings is 1. The molecule has 0 saturated heterocycles. The molecule has 6 heteroatoms. The van der Waals surface area contributed by atoms with Crippen molar-refractivity contribution in [3.8, 4) is 11.1 Å². The first-order chi connectivity index (χ1) is 13.7. The van der Waals surface area contributed by atoms with Gasteiger partial charge in [-0.1, -0.05) is 36.4 Å². The van der Waals surface area contributed by atoms with Crippen molar-refractivity contribution in [1.82, 2.24) is 19.4 Å². The van der Waals surface area contributed by atoms with Crippen LogP contribution in [0.4, 0.5) is 10.3 Å². The number of anilines is 1. The Kier molecular flexibility index (Phi) is 3.76. The number of halogens is 1. The molecule has 5 nitrogen and oxygen atoms in total. The third-order valence-corrected chi connectivity index (χ3v) is 4.76. The number of pyridine rings is 1. The van der Waals surface area contributed by atoms with Gasteiger partial charge in [0.25, 0.3) is 0 Å². The second kappa shape index (κ2) is 6.42. The lowest BCUT2D eigenvalue weighted by molar-refractivity contribution is 0.636. The summed E-state index contributed by atoms with van der Waals surface area (Å²) in [5.41, 5.74) is 11.0.